The Hall–Kier alpha value is -1.27. The fraction of sp³-hybridized carbons (Fsp3) is 0.625. The minimum Gasteiger partial charge on any atom is -0.387 e. The molecule has 0 atom stereocenters. The number of allylic oxidation sites excluding steroid dienone is 3. The molecule has 0 unspecified atom stereocenters. The molecule has 20 heavy (non-hydrogen) atoms. The molecule has 0 aromatic rings. The van der Waals surface area contributed by atoms with Crippen LogP contribution in [0.5, 0.6) is 0 Å². The van der Waals surface area contributed by atoms with E-state index in [-0.39, 0.29) is 5.17 Å². The second kappa shape index (κ2) is 8.81. The number of hydrogen-bond donors (Lipinski definition) is 1. The SMILES string of the molecule is CC/C(C)=C/N=C(Cl)/C(C#N)=C(\C)NCC1CCCC1. The highest BCUT2D eigenvalue weighted by molar-refractivity contribution is 6.70. The Morgan fingerprint density at radius 2 is 2.05 bits per heavy atom. The maximum absolute atomic E-state index is 9.25. The Morgan fingerprint density at radius 1 is 1.40 bits per heavy atom. The van der Waals surface area contributed by atoms with E-state index in [0.29, 0.717) is 5.57 Å². The minimum absolute atomic E-state index is 0.261. The van der Waals surface area contributed by atoms with Crippen molar-refractivity contribution in [2.45, 2.75) is 52.9 Å². The summed E-state index contributed by atoms with van der Waals surface area (Å²) in [5, 5.41) is 12.8. The van der Waals surface area contributed by atoms with E-state index >= 15 is 0 Å². The van der Waals surface area contributed by atoms with Gasteiger partial charge < -0.3 is 5.32 Å². The van der Waals surface area contributed by atoms with Crippen molar-refractivity contribution in [1.82, 2.24) is 5.32 Å². The molecular weight excluding hydrogens is 270 g/mol. The van der Waals surface area contributed by atoms with E-state index in [9.17, 15) is 5.26 Å². The average Bonchev–Trinajstić information content (AvgIpc) is 2.96. The van der Waals surface area contributed by atoms with Gasteiger partial charge in [-0.15, -0.1) is 0 Å². The zero-order chi connectivity index (χ0) is 15.0. The standard InChI is InChI=1S/C16H24ClN3/c1-4-12(2)10-20-16(17)15(9-18)13(3)19-11-14-7-5-6-8-14/h10,14,19H,4-8,11H2,1-3H3/b12-10+,15-13+,20-16-. The van der Waals surface area contributed by atoms with Crippen LogP contribution in [-0.4, -0.2) is 11.7 Å². The van der Waals surface area contributed by atoms with Crippen molar-refractivity contribution < 1.29 is 0 Å². The lowest BCUT2D eigenvalue weighted by atomic mass is 10.1. The van der Waals surface area contributed by atoms with Gasteiger partial charge in [0.15, 0.2) is 0 Å². The predicted molar refractivity (Wildman–Crippen MR) is 85.6 cm³/mol. The lowest BCUT2D eigenvalue weighted by Gasteiger charge is -2.13. The van der Waals surface area contributed by atoms with Gasteiger partial charge in [-0.05, 0) is 39.0 Å². The molecule has 0 radical (unpaired) electrons. The second-order valence-electron chi connectivity index (χ2n) is 5.39. The molecule has 1 aliphatic carbocycles. The lowest BCUT2D eigenvalue weighted by Crippen LogP contribution is -2.21. The van der Waals surface area contributed by atoms with Crippen molar-refractivity contribution in [2.24, 2.45) is 10.9 Å². The number of aliphatic imine (C=N–C) groups is 1. The van der Waals surface area contributed by atoms with Crippen LogP contribution in [0.4, 0.5) is 0 Å². The molecule has 1 fully saturated rings. The van der Waals surface area contributed by atoms with Gasteiger partial charge in [0.25, 0.3) is 0 Å². The topological polar surface area (TPSA) is 48.2 Å². The van der Waals surface area contributed by atoms with Crippen molar-refractivity contribution in [3.63, 3.8) is 0 Å². The number of nitriles is 1. The van der Waals surface area contributed by atoms with Crippen LogP contribution in [0.3, 0.4) is 0 Å². The first-order chi connectivity index (χ1) is 9.58. The number of nitrogens with zero attached hydrogens (tertiary/aromatic N) is 2. The summed E-state index contributed by atoms with van der Waals surface area (Å²) in [6.07, 6.45) is 7.86. The molecule has 0 bridgehead atoms. The summed E-state index contributed by atoms with van der Waals surface area (Å²) in [6.45, 7) is 6.87. The second-order valence-corrected chi connectivity index (χ2v) is 5.75. The van der Waals surface area contributed by atoms with E-state index < -0.39 is 0 Å². The Balaban J connectivity index is 2.70. The van der Waals surface area contributed by atoms with E-state index in [1.807, 2.05) is 13.8 Å². The molecule has 110 valence electrons. The van der Waals surface area contributed by atoms with Crippen molar-refractivity contribution in [3.05, 3.63) is 23.0 Å². The number of nitrogens with one attached hydrogen (secondary N) is 1. The average molecular weight is 294 g/mol. The van der Waals surface area contributed by atoms with Gasteiger partial charge in [0, 0.05) is 18.4 Å². The normalized spacial score (nSPS) is 18.8. The van der Waals surface area contributed by atoms with Gasteiger partial charge in [-0.1, -0.05) is 36.9 Å². The van der Waals surface area contributed by atoms with Gasteiger partial charge in [-0.2, -0.15) is 5.26 Å². The Kier molecular flexibility index (Phi) is 7.40. The monoisotopic (exact) mass is 293 g/mol. The minimum atomic E-state index is 0.261. The molecule has 1 saturated carbocycles. The maximum Gasteiger partial charge on any atom is 0.148 e. The Bertz CT molecular complexity index is 449. The Labute approximate surface area is 127 Å². The molecule has 0 aliphatic heterocycles. The lowest BCUT2D eigenvalue weighted by molar-refractivity contribution is 0.517. The van der Waals surface area contributed by atoms with Gasteiger partial charge in [0.2, 0.25) is 0 Å². The summed E-state index contributed by atoms with van der Waals surface area (Å²) in [7, 11) is 0. The van der Waals surface area contributed by atoms with Crippen LogP contribution in [0.1, 0.15) is 52.9 Å². The maximum atomic E-state index is 9.25. The zero-order valence-electron chi connectivity index (χ0n) is 12.7. The van der Waals surface area contributed by atoms with Crippen LogP contribution in [-0.2, 0) is 0 Å². The molecule has 3 nitrogen and oxygen atoms in total. The molecule has 1 aliphatic rings. The van der Waals surface area contributed by atoms with E-state index in [0.717, 1.165) is 30.2 Å². The molecule has 0 saturated heterocycles. The van der Waals surface area contributed by atoms with Gasteiger partial charge in [-0.25, -0.2) is 4.99 Å². The highest BCUT2D eigenvalue weighted by atomic mass is 35.5. The van der Waals surface area contributed by atoms with Crippen molar-refractivity contribution in [3.8, 4) is 6.07 Å². The zero-order valence-corrected chi connectivity index (χ0v) is 13.4. The van der Waals surface area contributed by atoms with E-state index in [1.54, 1.807) is 6.20 Å². The van der Waals surface area contributed by atoms with E-state index in [2.05, 4.69) is 23.3 Å². The Morgan fingerprint density at radius 3 is 2.60 bits per heavy atom. The number of hydrogen-bond acceptors (Lipinski definition) is 3. The number of halogens is 1. The van der Waals surface area contributed by atoms with Gasteiger partial charge >= 0.3 is 0 Å². The molecule has 4 heteroatoms. The highest BCUT2D eigenvalue weighted by Crippen LogP contribution is 2.24. The van der Waals surface area contributed by atoms with E-state index in [4.69, 9.17) is 11.6 Å². The highest BCUT2D eigenvalue weighted by Gasteiger charge is 2.15. The van der Waals surface area contributed by atoms with Crippen molar-refractivity contribution in [2.75, 3.05) is 6.54 Å². The summed E-state index contributed by atoms with van der Waals surface area (Å²) < 4.78 is 0. The fourth-order valence-electron chi connectivity index (χ4n) is 2.21. The van der Waals surface area contributed by atoms with Gasteiger partial charge in [0.05, 0.1) is 0 Å². The third-order valence-corrected chi connectivity index (χ3v) is 4.07. The van der Waals surface area contributed by atoms with Gasteiger partial charge in [0.1, 0.15) is 16.8 Å². The van der Waals surface area contributed by atoms with Crippen LogP contribution >= 0.6 is 11.6 Å². The summed E-state index contributed by atoms with van der Waals surface area (Å²) in [5.41, 5.74) is 2.39. The fourth-order valence-corrected chi connectivity index (χ4v) is 2.44. The molecule has 0 aromatic carbocycles. The molecule has 0 spiro atoms. The first-order valence-electron chi connectivity index (χ1n) is 7.32. The summed E-state index contributed by atoms with van der Waals surface area (Å²) in [4.78, 5) is 4.17. The molecule has 1 rings (SSSR count). The molecule has 0 heterocycles. The molecule has 0 amide bonds. The van der Waals surface area contributed by atoms with Crippen LogP contribution < -0.4 is 5.32 Å². The quantitative estimate of drug-likeness (QED) is 0.578. The van der Waals surface area contributed by atoms with Crippen molar-refractivity contribution in [1.29, 1.82) is 5.26 Å². The summed E-state index contributed by atoms with van der Waals surface area (Å²) in [5.74, 6) is 0.725. The third kappa shape index (κ3) is 5.38. The smallest absolute Gasteiger partial charge is 0.148 e. The molecule has 1 N–H and O–H groups in total. The summed E-state index contributed by atoms with van der Waals surface area (Å²) in [6, 6.07) is 2.14. The molecular formula is C16H24ClN3. The molecule has 0 aromatic heterocycles. The van der Waals surface area contributed by atoms with Crippen LogP contribution in [0, 0.1) is 17.2 Å². The largest absolute Gasteiger partial charge is 0.387 e. The number of rotatable bonds is 6. The van der Waals surface area contributed by atoms with Crippen LogP contribution in [0.15, 0.2) is 28.0 Å². The first-order valence-corrected chi connectivity index (χ1v) is 7.70. The first kappa shape index (κ1) is 16.8. The third-order valence-electron chi connectivity index (χ3n) is 3.78. The van der Waals surface area contributed by atoms with Crippen molar-refractivity contribution >= 4 is 16.8 Å². The summed E-state index contributed by atoms with van der Waals surface area (Å²) >= 11 is 6.12. The van der Waals surface area contributed by atoms with Gasteiger partial charge in [-0.3, -0.25) is 0 Å². The van der Waals surface area contributed by atoms with Crippen LogP contribution in [0.25, 0.3) is 0 Å². The van der Waals surface area contributed by atoms with Crippen LogP contribution in [0.2, 0.25) is 0 Å². The van der Waals surface area contributed by atoms with E-state index in [1.165, 1.54) is 25.7 Å². The predicted octanol–water partition coefficient (Wildman–Crippen LogP) is 4.51.